The summed E-state index contributed by atoms with van der Waals surface area (Å²) in [5.74, 6) is 1.82. The van der Waals surface area contributed by atoms with E-state index in [-0.39, 0.29) is 0 Å². The first-order chi connectivity index (χ1) is 30.2. The molecule has 61 heavy (non-hydrogen) atoms. The van der Waals surface area contributed by atoms with Crippen molar-refractivity contribution < 1.29 is 8.83 Å². The Morgan fingerprint density at radius 3 is 1.49 bits per heavy atom. The van der Waals surface area contributed by atoms with E-state index < -0.39 is 0 Å². The molecule has 0 aliphatic rings. The molecule has 0 fully saturated rings. The molecule has 12 aromatic rings. The number of fused-ring (bicyclic) bond motifs is 8. The smallest absolute Gasteiger partial charge is 0.164 e. The van der Waals surface area contributed by atoms with E-state index in [1.165, 1.54) is 0 Å². The summed E-state index contributed by atoms with van der Waals surface area (Å²) in [7, 11) is 0. The Kier molecular flexibility index (Phi) is 8.06. The first-order valence-corrected chi connectivity index (χ1v) is 20.3. The van der Waals surface area contributed by atoms with Crippen molar-refractivity contribution in [1.82, 2.24) is 15.0 Å². The lowest BCUT2D eigenvalue weighted by molar-refractivity contribution is 0.669. The molecular formula is C55H34N4O2. The van der Waals surface area contributed by atoms with Crippen molar-refractivity contribution in [3.8, 4) is 45.3 Å². The Hall–Kier alpha value is -8.35. The van der Waals surface area contributed by atoms with E-state index in [0.29, 0.717) is 17.5 Å². The molecule has 0 atom stereocenters. The fourth-order valence-electron chi connectivity index (χ4n) is 8.57. The lowest BCUT2D eigenvalue weighted by Gasteiger charge is -2.25. The summed E-state index contributed by atoms with van der Waals surface area (Å²) in [6.45, 7) is 0. The van der Waals surface area contributed by atoms with Crippen molar-refractivity contribution in [3.05, 3.63) is 206 Å². The van der Waals surface area contributed by atoms with Gasteiger partial charge in [-0.15, -0.1) is 0 Å². The summed E-state index contributed by atoms with van der Waals surface area (Å²) in [6.07, 6.45) is 0. The van der Waals surface area contributed by atoms with Gasteiger partial charge in [0.1, 0.15) is 22.3 Å². The molecule has 0 aliphatic carbocycles. The molecule has 3 aromatic heterocycles. The van der Waals surface area contributed by atoms with Gasteiger partial charge in [-0.3, -0.25) is 0 Å². The highest BCUT2D eigenvalue weighted by molar-refractivity contribution is 6.19. The second-order valence-electron chi connectivity index (χ2n) is 15.2. The fourth-order valence-corrected chi connectivity index (χ4v) is 8.57. The van der Waals surface area contributed by atoms with Gasteiger partial charge < -0.3 is 13.7 Å². The zero-order valence-electron chi connectivity index (χ0n) is 32.7. The van der Waals surface area contributed by atoms with Crippen LogP contribution in [0.1, 0.15) is 0 Å². The minimum Gasteiger partial charge on any atom is -0.456 e. The number of furan rings is 2. The molecule has 9 aromatic carbocycles. The quantitative estimate of drug-likeness (QED) is 0.160. The highest BCUT2D eigenvalue weighted by atomic mass is 16.3. The van der Waals surface area contributed by atoms with Gasteiger partial charge in [-0.05, 0) is 83.2 Å². The molecule has 0 radical (unpaired) electrons. The van der Waals surface area contributed by atoms with Crippen LogP contribution < -0.4 is 4.90 Å². The lowest BCUT2D eigenvalue weighted by atomic mass is 9.95. The SMILES string of the molecule is c1ccc(-c2nc(-c3ccccc3)nc(-c3cc4c5ccccc5oc4c4ccc(-c5ccc(N(c6ccccc6)c6ccc7c(c6)oc6ccccc67)cc5)cc34)n2)cc1. The Balaban J connectivity index is 1.02. The number of aromatic nitrogens is 3. The molecule has 12 rings (SSSR count). The zero-order valence-corrected chi connectivity index (χ0v) is 32.7. The molecule has 0 unspecified atom stereocenters. The maximum atomic E-state index is 6.59. The van der Waals surface area contributed by atoms with E-state index >= 15 is 0 Å². The summed E-state index contributed by atoms with van der Waals surface area (Å²) < 4.78 is 12.9. The Morgan fingerprint density at radius 2 is 0.803 bits per heavy atom. The van der Waals surface area contributed by atoms with Crippen molar-refractivity contribution in [2.24, 2.45) is 0 Å². The first-order valence-electron chi connectivity index (χ1n) is 20.3. The van der Waals surface area contributed by atoms with Crippen LogP contribution in [0.25, 0.3) is 99.9 Å². The average Bonchev–Trinajstić information content (AvgIpc) is 3.90. The summed E-state index contributed by atoms with van der Waals surface area (Å²) in [5.41, 5.74) is 11.4. The van der Waals surface area contributed by atoms with Crippen LogP contribution in [0.4, 0.5) is 17.1 Å². The number of rotatable bonds is 7. The predicted molar refractivity (Wildman–Crippen MR) is 248 cm³/mol. The van der Waals surface area contributed by atoms with Gasteiger partial charge in [-0.2, -0.15) is 0 Å². The molecule has 0 N–H and O–H groups in total. The van der Waals surface area contributed by atoms with Crippen molar-refractivity contribution >= 4 is 71.7 Å². The minimum absolute atomic E-state index is 0.595. The second kappa shape index (κ2) is 14.2. The van der Waals surface area contributed by atoms with Crippen LogP contribution in [0, 0.1) is 0 Å². The van der Waals surface area contributed by atoms with Gasteiger partial charge in [-0.25, -0.2) is 15.0 Å². The van der Waals surface area contributed by atoms with Crippen LogP contribution in [0.15, 0.2) is 215 Å². The zero-order chi connectivity index (χ0) is 40.3. The van der Waals surface area contributed by atoms with E-state index in [1.54, 1.807) is 0 Å². The molecule has 6 heteroatoms. The second-order valence-corrected chi connectivity index (χ2v) is 15.2. The number of anilines is 3. The van der Waals surface area contributed by atoms with Crippen molar-refractivity contribution in [1.29, 1.82) is 0 Å². The van der Waals surface area contributed by atoms with Gasteiger partial charge >= 0.3 is 0 Å². The third-order valence-electron chi connectivity index (χ3n) is 11.5. The highest BCUT2D eigenvalue weighted by Gasteiger charge is 2.21. The van der Waals surface area contributed by atoms with E-state index in [2.05, 4.69) is 114 Å². The lowest BCUT2D eigenvalue weighted by Crippen LogP contribution is -2.09. The number of hydrogen-bond acceptors (Lipinski definition) is 6. The normalized spacial score (nSPS) is 11.6. The van der Waals surface area contributed by atoms with Crippen molar-refractivity contribution in [2.75, 3.05) is 4.90 Å². The molecule has 0 amide bonds. The van der Waals surface area contributed by atoms with Crippen LogP contribution >= 0.6 is 0 Å². The number of para-hydroxylation sites is 3. The predicted octanol–water partition coefficient (Wildman–Crippen LogP) is 15.0. The molecule has 286 valence electrons. The maximum absolute atomic E-state index is 6.59. The van der Waals surface area contributed by atoms with Gasteiger partial charge in [0.2, 0.25) is 0 Å². The number of benzene rings is 9. The third kappa shape index (κ3) is 6.00. The van der Waals surface area contributed by atoms with Crippen molar-refractivity contribution in [2.45, 2.75) is 0 Å². The summed E-state index contributed by atoms with van der Waals surface area (Å²) in [4.78, 5) is 17.6. The fraction of sp³-hybridized carbons (Fsp3) is 0. The minimum atomic E-state index is 0.595. The van der Waals surface area contributed by atoms with Gasteiger partial charge in [0.05, 0.1) is 0 Å². The molecule has 0 aliphatic heterocycles. The average molecular weight is 783 g/mol. The molecule has 0 saturated heterocycles. The van der Waals surface area contributed by atoms with Gasteiger partial charge in [0, 0.05) is 66.8 Å². The first kappa shape index (κ1) is 34.7. The van der Waals surface area contributed by atoms with E-state index in [9.17, 15) is 0 Å². The number of nitrogens with zero attached hydrogens (tertiary/aromatic N) is 4. The summed E-state index contributed by atoms with van der Waals surface area (Å²) >= 11 is 0. The molecule has 0 bridgehead atoms. The molecule has 0 saturated carbocycles. The van der Waals surface area contributed by atoms with Gasteiger partial charge in [0.15, 0.2) is 17.5 Å². The standard InChI is InChI=1S/C55H34N4O2/c1-4-14-36(15-5-1)53-56-54(37-16-6-2-7-17-37)58-55(57-53)48-34-47-43-21-11-13-23-50(43)61-52(47)45-30-26-38(32-46(45)48)35-24-27-40(28-25-35)59(39-18-8-3-9-19-39)41-29-31-44-42-20-10-12-22-49(42)60-51(44)33-41/h1-34H. The highest BCUT2D eigenvalue weighted by Crippen LogP contribution is 2.43. The Bertz CT molecular complexity index is 3520. The van der Waals surface area contributed by atoms with E-state index in [4.69, 9.17) is 23.8 Å². The van der Waals surface area contributed by atoms with E-state index in [0.717, 1.165) is 99.5 Å². The van der Waals surface area contributed by atoms with E-state index in [1.807, 2.05) is 97.1 Å². The molecule has 6 nitrogen and oxygen atoms in total. The number of hydrogen-bond donors (Lipinski definition) is 0. The van der Waals surface area contributed by atoms with Crippen molar-refractivity contribution in [3.63, 3.8) is 0 Å². The summed E-state index contributed by atoms with van der Waals surface area (Å²) in [5, 5.41) is 6.25. The molecule has 0 spiro atoms. The van der Waals surface area contributed by atoms with Crippen LogP contribution in [-0.2, 0) is 0 Å². The van der Waals surface area contributed by atoms with Crippen LogP contribution in [-0.4, -0.2) is 15.0 Å². The Morgan fingerprint density at radius 1 is 0.295 bits per heavy atom. The topological polar surface area (TPSA) is 68.2 Å². The molecular weight excluding hydrogens is 749 g/mol. The monoisotopic (exact) mass is 782 g/mol. The largest absolute Gasteiger partial charge is 0.456 e. The Labute approximate surface area is 350 Å². The molecule has 3 heterocycles. The van der Waals surface area contributed by atoms with Gasteiger partial charge in [0.25, 0.3) is 0 Å². The van der Waals surface area contributed by atoms with Crippen LogP contribution in [0.2, 0.25) is 0 Å². The maximum Gasteiger partial charge on any atom is 0.164 e. The van der Waals surface area contributed by atoms with Crippen LogP contribution in [0.3, 0.4) is 0 Å². The van der Waals surface area contributed by atoms with Gasteiger partial charge in [-0.1, -0.05) is 133 Å². The van der Waals surface area contributed by atoms with Crippen LogP contribution in [0.5, 0.6) is 0 Å². The third-order valence-corrected chi connectivity index (χ3v) is 11.5. The summed E-state index contributed by atoms with van der Waals surface area (Å²) in [6, 6.07) is 71.0.